The molecular weight excluding hydrogens is 320 g/mol. The average Bonchev–Trinajstić information content (AvgIpc) is 2.42. The number of nitrogens with one attached hydrogen (secondary N) is 1. The van der Waals surface area contributed by atoms with Crippen LogP contribution >= 0.6 is 15.9 Å². The standard InChI is InChI=1S/C15H21BrN2O2/c1-10(13-6-5-12(20-3)8-14(13)16)17-11-4-7-15(19)18(2)9-11/h5-6,8,10-11,17H,4,7,9H2,1-3H3/t10-,11-/m1/s1. The van der Waals surface area contributed by atoms with E-state index in [1.807, 2.05) is 19.2 Å². The van der Waals surface area contributed by atoms with Crippen molar-refractivity contribution in [3.63, 3.8) is 0 Å². The monoisotopic (exact) mass is 340 g/mol. The molecule has 1 aromatic rings. The van der Waals surface area contributed by atoms with E-state index in [0.29, 0.717) is 12.5 Å². The maximum atomic E-state index is 11.5. The van der Waals surface area contributed by atoms with Crippen LogP contribution in [0.15, 0.2) is 22.7 Å². The Bertz CT molecular complexity index is 493. The van der Waals surface area contributed by atoms with Gasteiger partial charge in [-0.1, -0.05) is 22.0 Å². The maximum Gasteiger partial charge on any atom is 0.222 e. The largest absolute Gasteiger partial charge is 0.497 e. The Morgan fingerprint density at radius 2 is 2.25 bits per heavy atom. The second kappa shape index (κ2) is 6.59. The molecule has 1 fully saturated rings. The molecule has 0 radical (unpaired) electrons. The van der Waals surface area contributed by atoms with Gasteiger partial charge in [0.05, 0.1) is 7.11 Å². The van der Waals surface area contributed by atoms with E-state index in [1.54, 1.807) is 12.0 Å². The zero-order valence-electron chi connectivity index (χ0n) is 12.1. The lowest BCUT2D eigenvalue weighted by molar-refractivity contribution is -0.132. The van der Waals surface area contributed by atoms with Gasteiger partial charge >= 0.3 is 0 Å². The third kappa shape index (κ3) is 3.52. The van der Waals surface area contributed by atoms with Crippen molar-refractivity contribution in [3.8, 4) is 5.75 Å². The molecule has 1 amide bonds. The number of methoxy groups -OCH3 is 1. The summed E-state index contributed by atoms with van der Waals surface area (Å²) in [4.78, 5) is 13.3. The first-order valence-electron chi connectivity index (χ1n) is 6.84. The third-order valence-corrected chi connectivity index (χ3v) is 4.47. The highest BCUT2D eigenvalue weighted by Gasteiger charge is 2.24. The number of ether oxygens (including phenoxy) is 1. The number of likely N-dealkylation sites (tertiary alicyclic amines) is 1. The van der Waals surface area contributed by atoms with Crippen molar-refractivity contribution in [1.29, 1.82) is 0 Å². The molecule has 2 atom stereocenters. The molecular formula is C15H21BrN2O2. The van der Waals surface area contributed by atoms with E-state index in [-0.39, 0.29) is 11.9 Å². The van der Waals surface area contributed by atoms with Gasteiger partial charge in [-0.15, -0.1) is 0 Å². The summed E-state index contributed by atoms with van der Waals surface area (Å²) in [6.45, 7) is 2.92. The number of hydrogen-bond acceptors (Lipinski definition) is 3. The van der Waals surface area contributed by atoms with Gasteiger partial charge in [-0.05, 0) is 31.0 Å². The third-order valence-electron chi connectivity index (χ3n) is 3.79. The van der Waals surface area contributed by atoms with Crippen LogP contribution in [-0.4, -0.2) is 37.6 Å². The van der Waals surface area contributed by atoms with E-state index in [0.717, 1.165) is 23.2 Å². The smallest absolute Gasteiger partial charge is 0.222 e. The predicted molar refractivity (Wildman–Crippen MR) is 82.9 cm³/mol. The summed E-state index contributed by atoms with van der Waals surface area (Å²) >= 11 is 3.59. The first-order chi connectivity index (χ1) is 9.51. The van der Waals surface area contributed by atoms with Crippen LogP contribution in [-0.2, 0) is 4.79 Å². The normalized spacial score (nSPS) is 20.9. The fourth-order valence-electron chi connectivity index (χ4n) is 2.58. The quantitative estimate of drug-likeness (QED) is 0.916. The van der Waals surface area contributed by atoms with Gasteiger partial charge in [-0.25, -0.2) is 0 Å². The van der Waals surface area contributed by atoms with Gasteiger partial charge in [-0.2, -0.15) is 0 Å². The van der Waals surface area contributed by atoms with Crippen LogP contribution in [0.4, 0.5) is 0 Å². The highest BCUT2D eigenvalue weighted by atomic mass is 79.9. The molecule has 110 valence electrons. The Balaban J connectivity index is 2.01. The summed E-state index contributed by atoms with van der Waals surface area (Å²) in [7, 11) is 3.53. The van der Waals surface area contributed by atoms with Crippen molar-refractivity contribution >= 4 is 21.8 Å². The highest BCUT2D eigenvalue weighted by Crippen LogP contribution is 2.28. The van der Waals surface area contributed by atoms with Crippen LogP contribution in [0.1, 0.15) is 31.4 Å². The van der Waals surface area contributed by atoms with Crippen LogP contribution < -0.4 is 10.1 Å². The zero-order valence-corrected chi connectivity index (χ0v) is 13.7. The molecule has 0 aromatic heterocycles. The first-order valence-corrected chi connectivity index (χ1v) is 7.64. The van der Waals surface area contributed by atoms with Crippen molar-refractivity contribution in [1.82, 2.24) is 10.2 Å². The molecule has 1 saturated heterocycles. The molecule has 0 aliphatic carbocycles. The van der Waals surface area contributed by atoms with E-state index in [1.165, 1.54) is 5.56 Å². The second-order valence-corrected chi connectivity index (χ2v) is 6.14. The van der Waals surface area contributed by atoms with Crippen molar-refractivity contribution in [2.45, 2.75) is 31.8 Å². The van der Waals surface area contributed by atoms with Gasteiger partial charge in [0.15, 0.2) is 0 Å². The summed E-state index contributed by atoms with van der Waals surface area (Å²) in [5.74, 6) is 1.08. The molecule has 5 heteroatoms. The van der Waals surface area contributed by atoms with E-state index in [9.17, 15) is 4.79 Å². The Kier molecular flexibility index (Phi) is 5.05. The summed E-state index contributed by atoms with van der Waals surface area (Å²) in [5, 5.41) is 3.60. The molecule has 0 saturated carbocycles. The fourth-order valence-corrected chi connectivity index (χ4v) is 3.28. The summed E-state index contributed by atoms with van der Waals surface area (Å²) in [6.07, 6.45) is 1.53. The fraction of sp³-hybridized carbons (Fsp3) is 0.533. The molecule has 1 aromatic carbocycles. The van der Waals surface area contributed by atoms with E-state index in [2.05, 4.69) is 34.2 Å². The van der Waals surface area contributed by atoms with Crippen LogP contribution in [0.2, 0.25) is 0 Å². The second-order valence-electron chi connectivity index (χ2n) is 5.29. The number of benzene rings is 1. The molecule has 20 heavy (non-hydrogen) atoms. The van der Waals surface area contributed by atoms with Crippen molar-refractivity contribution in [2.24, 2.45) is 0 Å². The minimum absolute atomic E-state index is 0.224. The summed E-state index contributed by atoms with van der Waals surface area (Å²) < 4.78 is 6.25. The van der Waals surface area contributed by atoms with E-state index in [4.69, 9.17) is 4.74 Å². The molecule has 1 aliphatic rings. The molecule has 0 unspecified atom stereocenters. The van der Waals surface area contributed by atoms with E-state index < -0.39 is 0 Å². The van der Waals surface area contributed by atoms with Gasteiger partial charge < -0.3 is 15.0 Å². The minimum atomic E-state index is 0.224. The number of rotatable bonds is 4. The Labute approximate surface area is 128 Å². The number of carbonyl (C=O) groups is 1. The van der Waals surface area contributed by atoms with Gasteiger partial charge in [-0.3, -0.25) is 4.79 Å². The van der Waals surface area contributed by atoms with Gasteiger partial charge in [0, 0.05) is 36.6 Å². The van der Waals surface area contributed by atoms with Crippen molar-refractivity contribution in [3.05, 3.63) is 28.2 Å². The van der Waals surface area contributed by atoms with Crippen molar-refractivity contribution < 1.29 is 9.53 Å². The lowest BCUT2D eigenvalue weighted by Crippen LogP contribution is -2.47. The number of carbonyl (C=O) groups excluding carboxylic acids is 1. The molecule has 1 aliphatic heterocycles. The van der Waals surface area contributed by atoms with Gasteiger partial charge in [0.25, 0.3) is 0 Å². The number of nitrogens with zero attached hydrogens (tertiary/aromatic N) is 1. The molecule has 1 heterocycles. The number of likely N-dealkylation sites (N-methyl/N-ethyl adjacent to an activating group) is 1. The Morgan fingerprint density at radius 3 is 2.85 bits per heavy atom. The molecule has 0 bridgehead atoms. The molecule has 0 spiro atoms. The lowest BCUT2D eigenvalue weighted by Gasteiger charge is -2.32. The van der Waals surface area contributed by atoms with Crippen LogP contribution in [0, 0.1) is 0 Å². The lowest BCUT2D eigenvalue weighted by atomic mass is 10.0. The summed E-state index contributed by atoms with van der Waals surface area (Å²) in [5.41, 5.74) is 1.20. The Morgan fingerprint density at radius 1 is 1.50 bits per heavy atom. The minimum Gasteiger partial charge on any atom is -0.497 e. The highest BCUT2D eigenvalue weighted by molar-refractivity contribution is 9.10. The number of piperidine rings is 1. The van der Waals surface area contributed by atoms with Crippen LogP contribution in [0.25, 0.3) is 0 Å². The number of halogens is 1. The zero-order chi connectivity index (χ0) is 14.7. The van der Waals surface area contributed by atoms with Crippen LogP contribution in [0.5, 0.6) is 5.75 Å². The predicted octanol–water partition coefficient (Wildman–Crippen LogP) is 2.73. The van der Waals surface area contributed by atoms with E-state index >= 15 is 0 Å². The van der Waals surface area contributed by atoms with Gasteiger partial charge in [0.1, 0.15) is 5.75 Å². The van der Waals surface area contributed by atoms with Crippen molar-refractivity contribution in [2.75, 3.05) is 20.7 Å². The van der Waals surface area contributed by atoms with Gasteiger partial charge in [0.2, 0.25) is 5.91 Å². The summed E-state index contributed by atoms with van der Waals surface area (Å²) in [6, 6.07) is 6.58. The number of amides is 1. The first kappa shape index (κ1) is 15.3. The SMILES string of the molecule is COc1ccc([C@@H](C)N[C@@H]2CCC(=O)N(C)C2)c(Br)c1. The molecule has 1 N–H and O–H groups in total. The number of hydrogen-bond donors (Lipinski definition) is 1. The maximum absolute atomic E-state index is 11.5. The Hall–Kier alpha value is -1.07. The topological polar surface area (TPSA) is 41.6 Å². The molecule has 2 rings (SSSR count). The molecule has 4 nitrogen and oxygen atoms in total. The van der Waals surface area contributed by atoms with Crippen LogP contribution in [0.3, 0.4) is 0 Å². The average molecular weight is 341 g/mol.